The van der Waals surface area contributed by atoms with Gasteiger partial charge in [-0.3, -0.25) is 15.0 Å². The van der Waals surface area contributed by atoms with Gasteiger partial charge in [0.25, 0.3) is 5.69 Å². The SMILES string of the molecule is CCN(CC)C(CNc1ccc([N+](=O)[O-])cc1S(N)(=O)=O)c1ccccc1Cl. The quantitative estimate of drug-likeness (QED) is 0.468. The van der Waals surface area contributed by atoms with Crippen molar-refractivity contribution in [3.63, 3.8) is 0 Å². The van der Waals surface area contributed by atoms with Crippen molar-refractivity contribution in [3.8, 4) is 0 Å². The number of hydrogen-bond acceptors (Lipinski definition) is 6. The van der Waals surface area contributed by atoms with Crippen LogP contribution in [0.25, 0.3) is 0 Å². The minimum Gasteiger partial charge on any atom is -0.382 e. The Morgan fingerprint density at radius 1 is 1.21 bits per heavy atom. The summed E-state index contributed by atoms with van der Waals surface area (Å²) < 4.78 is 23.9. The summed E-state index contributed by atoms with van der Waals surface area (Å²) in [5.74, 6) is 0. The number of nitrogens with two attached hydrogens (primary N) is 1. The lowest BCUT2D eigenvalue weighted by atomic mass is 10.0. The highest BCUT2D eigenvalue weighted by Crippen LogP contribution is 2.30. The van der Waals surface area contributed by atoms with Gasteiger partial charge in [0, 0.05) is 23.7 Å². The second-order valence-electron chi connectivity index (χ2n) is 6.12. The Kier molecular flexibility index (Phi) is 7.36. The van der Waals surface area contributed by atoms with Gasteiger partial charge in [-0.15, -0.1) is 0 Å². The fraction of sp³-hybridized carbons (Fsp3) is 0.333. The zero-order valence-electron chi connectivity index (χ0n) is 15.6. The largest absolute Gasteiger partial charge is 0.382 e. The first kappa shape index (κ1) is 22.1. The van der Waals surface area contributed by atoms with Crippen LogP contribution < -0.4 is 10.5 Å². The number of likely N-dealkylation sites (N-methyl/N-ethyl adjacent to an activating group) is 1. The van der Waals surface area contributed by atoms with E-state index in [1.165, 1.54) is 12.1 Å². The molecule has 1 unspecified atom stereocenters. The molecule has 0 heterocycles. The molecule has 0 aromatic heterocycles. The van der Waals surface area contributed by atoms with Crippen LogP contribution >= 0.6 is 11.6 Å². The summed E-state index contributed by atoms with van der Waals surface area (Å²) in [6.07, 6.45) is 0. The Balaban J connectivity index is 2.40. The molecule has 152 valence electrons. The number of nitrogens with one attached hydrogen (secondary N) is 1. The van der Waals surface area contributed by atoms with Gasteiger partial charge < -0.3 is 5.32 Å². The van der Waals surface area contributed by atoms with Crippen LogP contribution in [0.5, 0.6) is 0 Å². The van der Waals surface area contributed by atoms with Crippen molar-refractivity contribution in [2.45, 2.75) is 24.8 Å². The molecule has 0 aliphatic carbocycles. The third kappa shape index (κ3) is 5.20. The van der Waals surface area contributed by atoms with Crippen LogP contribution in [0.15, 0.2) is 47.4 Å². The summed E-state index contributed by atoms with van der Waals surface area (Å²) in [6, 6.07) is 10.9. The van der Waals surface area contributed by atoms with Crippen molar-refractivity contribution in [2.24, 2.45) is 5.14 Å². The first-order chi connectivity index (χ1) is 13.2. The normalized spacial score (nSPS) is 12.8. The van der Waals surface area contributed by atoms with Crippen molar-refractivity contribution in [1.29, 1.82) is 0 Å². The third-order valence-corrected chi connectivity index (χ3v) is 5.78. The summed E-state index contributed by atoms with van der Waals surface area (Å²) in [6.45, 7) is 5.91. The van der Waals surface area contributed by atoms with Crippen molar-refractivity contribution in [2.75, 3.05) is 25.0 Å². The summed E-state index contributed by atoms with van der Waals surface area (Å²) >= 11 is 6.37. The highest BCUT2D eigenvalue weighted by molar-refractivity contribution is 7.89. The van der Waals surface area contributed by atoms with Crippen LogP contribution in [0.2, 0.25) is 5.02 Å². The molecule has 2 rings (SSSR count). The molecule has 2 aromatic rings. The van der Waals surface area contributed by atoms with Gasteiger partial charge in [-0.05, 0) is 30.8 Å². The Morgan fingerprint density at radius 3 is 2.39 bits per heavy atom. The van der Waals surface area contributed by atoms with Gasteiger partial charge in [-0.2, -0.15) is 0 Å². The third-order valence-electron chi connectivity index (χ3n) is 4.49. The molecule has 10 heteroatoms. The second-order valence-corrected chi connectivity index (χ2v) is 8.06. The molecule has 0 saturated carbocycles. The average Bonchev–Trinajstić information content (AvgIpc) is 2.65. The number of halogens is 1. The predicted molar refractivity (Wildman–Crippen MR) is 110 cm³/mol. The topological polar surface area (TPSA) is 119 Å². The lowest BCUT2D eigenvalue weighted by Crippen LogP contribution is -2.33. The molecule has 0 bridgehead atoms. The van der Waals surface area contributed by atoms with Crippen LogP contribution in [0.4, 0.5) is 11.4 Å². The summed E-state index contributed by atoms with van der Waals surface area (Å²) in [5, 5.41) is 19.9. The van der Waals surface area contributed by atoms with E-state index in [1.807, 2.05) is 32.0 Å². The van der Waals surface area contributed by atoms with Crippen LogP contribution in [0, 0.1) is 10.1 Å². The molecule has 0 fully saturated rings. The highest BCUT2D eigenvalue weighted by Gasteiger charge is 2.23. The highest BCUT2D eigenvalue weighted by atomic mass is 35.5. The number of primary sulfonamides is 1. The maximum absolute atomic E-state index is 11.9. The molecule has 0 amide bonds. The van der Waals surface area contributed by atoms with Crippen molar-refractivity contribution in [1.82, 2.24) is 4.90 Å². The van der Waals surface area contributed by atoms with E-state index in [4.69, 9.17) is 16.7 Å². The van der Waals surface area contributed by atoms with Crippen LogP contribution in [-0.2, 0) is 10.0 Å². The summed E-state index contributed by atoms with van der Waals surface area (Å²) in [7, 11) is -4.15. The molecular weight excluding hydrogens is 404 g/mol. The zero-order chi connectivity index (χ0) is 20.9. The van der Waals surface area contributed by atoms with Crippen LogP contribution in [0.1, 0.15) is 25.5 Å². The smallest absolute Gasteiger partial charge is 0.270 e. The van der Waals surface area contributed by atoms with Crippen molar-refractivity contribution >= 4 is 33.0 Å². The van der Waals surface area contributed by atoms with Crippen LogP contribution in [0.3, 0.4) is 0 Å². The molecule has 28 heavy (non-hydrogen) atoms. The average molecular weight is 427 g/mol. The van der Waals surface area contributed by atoms with Crippen molar-refractivity contribution < 1.29 is 13.3 Å². The number of hydrogen-bond donors (Lipinski definition) is 2. The lowest BCUT2D eigenvalue weighted by molar-refractivity contribution is -0.385. The van der Waals surface area contributed by atoms with E-state index >= 15 is 0 Å². The number of rotatable bonds is 9. The molecule has 3 N–H and O–H groups in total. The predicted octanol–water partition coefficient (Wildman–Crippen LogP) is 3.39. The molecule has 0 aliphatic heterocycles. The number of sulfonamides is 1. The first-order valence-electron chi connectivity index (χ1n) is 8.72. The number of non-ortho nitro benzene ring substituents is 1. The lowest BCUT2D eigenvalue weighted by Gasteiger charge is -2.31. The number of benzene rings is 2. The van der Waals surface area contributed by atoms with E-state index in [1.54, 1.807) is 6.07 Å². The Bertz CT molecular complexity index is 948. The monoisotopic (exact) mass is 426 g/mol. The van der Waals surface area contributed by atoms with E-state index in [2.05, 4.69) is 10.2 Å². The molecule has 1 atom stereocenters. The van der Waals surface area contributed by atoms with E-state index < -0.39 is 14.9 Å². The molecular formula is C18H23ClN4O4S. The molecule has 0 spiro atoms. The van der Waals surface area contributed by atoms with Gasteiger partial charge in [0.2, 0.25) is 10.0 Å². The van der Waals surface area contributed by atoms with Gasteiger partial charge in [-0.25, -0.2) is 13.6 Å². The number of nitro benzene ring substituents is 1. The van der Waals surface area contributed by atoms with E-state index in [0.717, 1.165) is 24.7 Å². The first-order valence-corrected chi connectivity index (χ1v) is 10.6. The van der Waals surface area contributed by atoms with E-state index in [-0.39, 0.29) is 22.3 Å². The summed E-state index contributed by atoms with van der Waals surface area (Å²) in [5.41, 5.74) is 0.762. The molecule has 2 aromatic carbocycles. The Labute approximate surface area is 169 Å². The minimum absolute atomic E-state index is 0.132. The Morgan fingerprint density at radius 2 is 1.86 bits per heavy atom. The fourth-order valence-corrected chi connectivity index (χ4v) is 4.05. The zero-order valence-corrected chi connectivity index (χ0v) is 17.2. The number of nitrogens with zero attached hydrogens (tertiary/aromatic N) is 2. The number of anilines is 1. The van der Waals surface area contributed by atoms with Gasteiger partial charge in [0.05, 0.1) is 16.7 Å². The fourth-order valence-electron chi connectivity index (χ4n) is 3.06. The molecule has 0 saturated heterocycles. The maximum Gasteiger partial charge on any atom is 0.270 e. The van der Waals surface area contributed by atoms with Crippen molar-refractivity contribution in [3.05, 3.63) is 63.2 Å². The minimum atomic E-state index is -4.15. The van der Waals surface area contributed by atoms with E-state index in [9.17, 15) is 18.5 Å². The Hall–Kier alpha value is -2.20. The van der Waals surface area contributed by atoms with Gasteiger partial charge in [0.1, 0.15) is 4.90 Å². The molecule has 0 aliphatic rings. The number of nitro groups is 1. The standard InChI is InChI=1S/C18H23ClN4O4S/c1-3-22(4-2)17(14-7-5-6-8-15(14)19)12-21-16-10-9-13(23(24)25)11-18(16)28(20,26)27/h5-11,17,21H,3-4,12H2,1-2H3,(H2,20,26,27). The van der Waals surface area contributed by atoms with Gasteiger partial charge in [-0.1, -0.05) is 43.6 Å². The van der Waals surface area contributed by atoms with Crippen LogP contribution in [-0.4, -0.2) is 37.9 Å². The summed E-state index contributed by atoms with van der Waals surface area (Å²) in [4.78, 5) is 12.2. The van der Waals surface area contributed by atoms with E-state index in [0.29, 0.717) is 11.6 Å². The molecule has 0 radical (unpaired) electrons. The molecule has 8 nitrogen and oxygen atoms in total. The van der Waals surface area contributed by atoms with Gasteiger partial charge in [0.15, 0.2) is 0 Å². The second kappa shape index (κ2) is 9.33. The van der Waals surface area contributed by atoms with Gasteiger partial charge >= 0.3 is 0 Å². The maximum atomic E-state index is 11.9.